The van der Waals surface area contributed by atoms with Crippen molar-refractivity contribution in [3.8, 4) is 0 Å². The van der Waals surface area contributed by atoms with Crippen molar-refractivity contribution in [3.63, 3.8) is 0 Å². The van der Waals surface area contributed by atoms with E-state index in [1.807, 2.05) is 13.8 Å². The summed E-state index contributed by atoms with van der Waals surface area (Å²) in [5.41, 5.74) is 3.77. The second-order valence-corrected chi connectivity index (χ2v) is 6.50. The Bertz CT molecular complexity index is 610. The van der Waals surface area contributed by atoms with E-state index >= 15 is 0 Å². The minimum absolute atomic E-state index is 0.0941. The molecule has 1 fully saturated rings. The Labute approximate surface area is 125 Å². The third-order valence-electron chi connectivity index (χ3n) is 4.89. The monoisotopic (exact) mass is 288 g/mol. The number of benzene rings is 1. The molecule has 3 heteroatoms. The second-order valence-electron chi connectivity index (χ2n) is 6.50. The maximum Gasteiger partial charge on any atom is 0.163 e. The topological polar surface area (TPSA) is 26.3 Å². The number of carbonyl (C=O) groups is 1. The molecule has 112 valence electrons. The zero-order valence-corrected chi connectivity index (χ0v) is 12.7. The Hall–Kier alpha value is -1.48. The Morgan fingerprint density at radius 1 is 1.14 bits per heavy atom. The quantitative estimate of drug-likeness (QED) is 0.778. The van der Waals surface area contributed by atoms with E-state index in [0.29, 0.717) is 6.42 Å². The lowest BCUT2D eigenvalue weighted by molar-refractivity contribution is -0.118. The third kappa shape index (κ3) is 2.67. The summed E-state index contributed by atoms with van der Waals surface area (Å²) in [7, 11) is 0. The largest absolute Gasteiger partial charge is 0.381 e. The van der Waals surface area contributed by atoms with E-state index in [1.165, 1.54) is 12.1 Å². The number of halogens is 1. The van der Waals surface area contributed by atoms with E-state index in [9.17, 15) is 9.18 Å². The summed E-state index contributed by atoms with van der Waals surface area (Å²) < 4.78 is 18.7. The van der Waals surface area contributed by atoms with Crippen molar-refractivity contribution in [1.82, 2.24) is 0 Å². The predicted molar refractivity (Wildman–Crippen MR) is 80.5 cm³/mol. The molecule has 1 spiro atoms. The average molecular weight is 288 g/mol. The van der Waals surface area contributed by atoms with Crippen molar-refractivity contribution in [2.24, 2.45) is 5.41 Å². The molecule has 1 aliphatic carbocycles. The highest BCUT2D eigenvalue weighted by Gasteiger charge is 2.40. The maximum atomic E-state index is 13.3. The van der Waals surface area contributed by atoms with E-state index < -0.39 is 0 Å². The fourth-order valence-electron chi connectivity index (χ4n) is 3.83. The molecule has 1 aliphatic heterocycles. The number of ketones is 1. The van der Waals surface area contributed by atoms with Gasteiger partial charge in [-0.1, -0.05) is 11.6 Å². The van der Waals surface area contributed by atoms with Gasteiger partial charge in [0.2, 0.25) is 0 Å². The standard InChI is InChI=1S/C18H21FO2/c1-12-9-14(19)3-4-15(12)17-13(2)10-18(11-16(17)20)5-7-21-8-6-18/h3-4,9H,5-8,10-11H2,1-2H3. The first-order chi connectivity index (χ1) is 10.0. The van der Waals surface area contributed by atoms with E-state index in [-0.39, 0.29) is 17.0 Å². The van der Waals surface area contributed by atoms with Crippen LogP contribution in [0.15, 0.2) is 23.8 Å². The average Bonchev–Trinajstić information content (AvgIpc) is 2.41. The molecular formula is C18H21FO2. The van der Waals surface area contributed by atoms with Gasteiger partial charge < -0.3 is 4.74 Å². The van der Waals surface area contributed by atoms with Crippen molar-refractivity contribution >= 4 is 11.4 Å². The number of hydrogen-bond donors (Lipinski definition) is 0. The van der Waals surface area contributed by atoms with Crippen LogP contribution in [-0.4, -0.2) is 19.0 Å². The van der Waals surface area contributed by atoms with Gasteiger partial charge in [-0.05, 0) is 61.8 Å². The molecule has 0 unspecified atom stereocenters. The summed E-state index contributed by atoms with van der Waals surface area (Å²) in [6.45, 7) is 5.42. The van der Waals surface area contributed by atoms with Crippen LogP contribution in [0.5, 0.6) is 0 Å². The Morgan fingerprint density at radius 3 is 2.48 bits per heavy atom. The van der Waals surface area contributed by atoms with Crippen LogP contribution in [0.2, 0.25) is 0 Å². The number of aryl methyl sites for hydroxylation is 1. The molecule has 0 N–H and O–H groups in total. The summed E-state index contributed by atoms with van der Waals surface area (Å²) in [4.78, 5) is 12.7. The van der Waals surface area contributed by atoms with Crippen LogP contribution >= 0.6 is 0 Å². The first kappa shape index (κ1) is 14.5. The van der Waals surface area contributed by atoms with E-state index in [4.69, 9.17) is 4.74 Å². The van der Waals surface area contributed by atoms with Crippen LogP contribution in [0.25, 0.3) is 5.57 Å². The first-order valence-corrected chi connectivity index (χ1v) is 7.58. The molecule has 0 amide bonds. The van der Waals surface area contributed by atoms with E-state index in [2.05, 4.69) is 0 Å². The molecule has 0 aromatic heterocycles. The van der Waals surface area contributed by atoms with Crippen LogP contribution in [0.4, 0.5) is 4.39 Å². The molecule has 0 saturated carbocycles. The van der Waals surface area contributed by atoms with Gasteiger partial charge >= 0.3 is 0 Å². The number of carbonyl (C=O) groups excluding carboxylic acids is 1. The van der Waals surface area contributed by atoms with Crippen LogP contribution in [0, 0.1) is 18.2 Å². The summed E-state index contributed by atoms with van der Waals surface area (Å²) >= 11 is 0. The summed E-state index contributed by atoms with van der Waals surface area (Å²) in [6.07, 6.45) is 3.48. The Balaban J connectivity index is 1.99. The lowest BCUT2D eigenvalue weighted by atomic mass is 9.66. The Morgan fingerprint density at radius 2 is 1.86 bits per heavy atom. The molecule has 1 saturated heterocycles. The lowest BCUT2D eigenvalue weighted by Gasteiger charge is -2.40. The first-order valence-electron chi connectivity index (χ1n) is 7.58. The van der Waals surface area contributed by atoms with Gasteiger partial charge in [-0.2, -0.15) is 0 Å². The molecule has 1 aromatic carbocycles. The van der Waals surface area contributed by atoms with E-state index in [0.717, 1.165) is 54.7 Å². The minimum atomic E-state index is -0.251. The minimum Gasteiger partial charge on any atom is -0.381 e. The predicted octanol–water partition coefficient (Wildman–Crippen LogP) is 4.07. The number of rotatable bonds is 1. The molecule has 1 aromatic rings. The second kappa shape index (κ2) is 5.38. The summed E-state index contributed by atoms with van der Waals surface area (Å²) in [5, 5.41) is 0. The van der Waals surface area contributed by atoms with Crippen LogP contribution in [0.1, 0.15) is 43.7 Å². The molecule has 1 heterocycles. The van der Waals surface area contributed by atoms with Crippen molar-refractivity contribution in [2.75, 3.05) is 13.2 Å². The van der Waals surface area contributed by atoms with Gasteiger partial charge in [0.25, 0.3) is 0 Å². The zero-order chi connectivity index (χ0) is 15.0. The van der Waals surface area contributed by atoms with E-state index in [1.54, 1.807) is 6.07 Å². The number of allylic oxidation sites excluding steroid dienone is 2. The lowest BCUT2D eigenvalue weighted by Crippen LogP contribution is -2.35. The highest BCUT2D eigenvalue weighted by Crippen LogP contribution is 2.47. The highest BCUT2D eigenvalue weighted by atomic mass is 19.1. The van der Waals surface area contributed by atoms with Gasteiger partial charge in [0.05, 0.1) is 0 Å². The normalized spacial score (nSPS) is 22.0. The van der Waals surface area contributed by atoms with Gasteiger partial charge in [0.1, 0.15) is 5.82 Å². The molecule has 0 atom stereocenters. The van der Waals surface area contributed by atoms with Crippen molar-refractivity contribution in [2.45, 2.75) is 39.5 Å². The fourth-order valence-corrected chi connectivity index (χ4v) is 3.83. The van der Waals surface area contributed by atoms with Gasteiger partial charge in [-0.3, -0.25) is 4.79 Å². The van der Waals surface area contributed by atoms with Gasteiger partial charge in [0.15, 0.2) is 5.78 Å². The van der Waals surface area contributed by atoms with Gasteiger partial charge in [-0.25, -0.2) is 4.39 Å². The van der Waals surface area contributed by atoms with Gasteiger partial charge in [-0.15, -0.1) is 0 Å². The summed E-state index contributed by atoms with van der Waals surface area (Å²) in [6, 6.07) is 4.68. The van der Waals surface area contributed by atoms with Crippen molar-refractivity contribution in [3.05, 3.63) is 40.7 Å². The smallest absolute Gasteiger partial charge is 0.163 e. The summed E-state index contributed by atoms with van der Waals surface area (Å²) in [5.74, 6) is -0.0472. The molecule has 21 heavy (non-hydrogen) atoms. The number of hydrogen-bond acceptors (Lipinski definition) is 2. The number of Topliss-reactive ketones (excluding diaryl/α,β-unsaturated/α-hetero) is 1. The fraction of sp³-hybridized carbons (Fsp3) is 0.500. The molecule has 2 aliphatic rings. The maximum absolute atomic E-state index is 13.3. The molecule has 0 radical (unpaired) electrons. The van der Waals surface area contributed by atoms with Crippen molar-refractivity contribution < 1.29 is 13.9 Å². The van der Waals surface area contributed by atoms with Crippen molar-refractivity contribution in [1.29, 1.82) is 0 Å². The third-order valence-corrected chi connectivity index (χ3v) is 4.89. The Kier molecular flexibility index (Phi) is 3.70. The molecule has 3 rings (SSSR count). The van der Waals surface area contributed by atoms with Gasteiger partial charge in [0, 0.05) is 25.2 Å². The van der Waals surface area contributed by atoms with Crippen LogP contribution in [0.3, 0.4) is 0 Å². The SMILES string of the molecule is CC1=C(c2ccc(F)cc2C)C(=O)CC2(CCOCC2)C1. The molecule has 2 nitrogen and oxygen atoms in total. The van der Waals surface area contributed by atoms with Crippen LogP contribution < -0.4 is 0 Å². The molecule has 0 bridgehead atoms. The number of ether oxygens (including phenoxy) is 1. The highest BCUT2D eigenvalue weighted by molar-refractivity contribution is 6.22. The molecular weight excluding hydrogens is 267 g/mol. The zero-order valence-electron chi connectivity index (χ0n) is 12.7. The van der Waals surface area contributed by atoms with Crippen LogP contribution in [-0.2, 0) is 9.53 Å².